The Morgan fingerprint density at radius 2 is 2.00 bits per heavy atom. The fraction of sp³-hybridized carbons (Fsp3) is 0. The first kappa shape index (κ1) is 11.2. The van der Waals surface area contributed by atoms with Crippen molar-refractivity contribution in [1.29, 1.82) is 0 Å². The van der Waals surface area contributed by atoms with Crippen LogP contribution in [-0.4, -0.2) is 19.9 Å². The maximum absolute atomic E-state index is 11.8. The van der Waals surface area contributed by atoms with Crippen LogP contribution in [0.25, 0.3) is 11.2 Å². The van der Waals surface area contributed by atoms with E-state index in [1.165, 1.54) is 6.33 Å². The van der Waals surface area contributed by atoms with Crippen LogP contribution in [0, 0.1) is 0 Å². The van der Waals surface area contributed by atoms with Gasteiger partial charge < -0.3 is 4.98 Å². The van der Waals surface area contributed by atoms with Gasteiger partial charge in [0, 0.05) is 0 Å². The zero-order chi connectivity index (χ0) is 12.5. The van der Waals surface area contributed by atoms with E-state index in [9.17, 15) is 4.79 Å². The molecule has 2 heterocycles. The summed E-state index contributed by atoms with van der Waals surface area (Å²) in [6, 6.07) is 9.64. The normalized spacial score (nSPS) is 10.7. The first-order valence-corrected chi connectivity index (χ1v) is 6.16. The van der Waals surface area contributed by atoms with Crippen LogP contribution in [0.4, 0.5) is 11.6 Å². The van der Waals surface area contributed by atoms with Crippen molar-refractivity contribution < 1.29 is 0 Å². The molecule has 0 aliphatic rings. The topological polar surface area (TPSA) is 77.7 Å². The first-order chi connectivity index (χ1) is 8.75. The molecule has 0 radical (unpaired) electrons. The number of hydrogen-bond acceptors (Lipinski definition) is 4. The molecule has 0 fully saturated rings. The number of anilines is 2. The summed E-state index contributed by atoms with van der Waals surface area (Å²) in [6.07, 6.45) is 1.46. The molecule has 0 atom stereocenters. The summed E-state index contributed by atoms with van der Waals surface area (Å²) >= 11 is 2.08. The molecule has 3 aromatic rings. The van der Waals surface area contributed by atoms with Gasteiger partial charge in [-0.15, -0.1) is 0 Å². The second-order valence-electron chi connectivity index (χ2n) is 3.61. The fourth-order valence-corrected chi connectivity index (χ4v) is 2.16. The van der Waals surface area contributed by atoms with E-state index in [0.29, 0.717) is 17.1 Å². The van der Waals surface area contributed by atoms with Crippen molar-refractivity contribution in [3.8, 4) is 0 Å². The quantitative estimate of drug-likeness (QED) is 0.547. The zero-order valence-electron chi connectivity index (χ0n) is 9.09. The summed E-state index contributed by atoms with van der Waals surface area (Å²) in [5.74, 6) is 0.450. The molecule has 0 aliphatic heterocycles. The third-order valence-electron chi connectivity index (χ3n) is 2.45. The molecule has 0 saturated heterocycles. The van der Waals surface area contributed by atoms with Gasteiger partial charge in [0.25, 0.3) is 5.56 Å². The standard InChI is InChI=1S/C11H8IN5O/c12-17(7-4-2-1-3-5-7)11-15-9-8(10(18)16-11)13-6-14-9/h1-6H,(H2,13,14,15,16,18). The minimum atomic E-state index is -0.231. The summed E-state index contributed by atoms with van der Waals surface area (Å²) in [5, 5.41) is 0. The van der Waals surface area contributed by atoms with Crippen LogP contribution in [0.5, 0.6) is 0 Å². The smallest absolute Gasteiger partial charge is 0.278 e. The lowest BCUT2D eigenvalue weighted by atomic mass is 10.3. The van der Waals surface area contributed by atoms with Gasteiger partial charge in [-0.25, -0.2) is 4.98 Å². The van der Waals surface area contributed by atoms with Crippen molar-refractivity contribution in [1.82, 2.24) is 19.9 Å². The van der Waals surface area contributed by atoms with Crippen molar-refractivity contribution >= 4 is 45.7 Å². The molecular formula is C11H8IN5O. The molecule has 0 unspecified atom stereocenters. The number of imidazole rings is 1. The van der Waals surface area contributed by atoms with Crippen LogP contribution in [0.3, 0.4) is 0 Å². The van der Waals surface area contributed by atoms with Gasteiger partial charge in [0.15, 0.2) is 11.2 Å². The number of rotatable bonds is 2. The van der Waals surface area contributed by atoms with Crippen LogP contribution in [0.1, 0.15) is 0 Å². The van der Waals surface area contributed by atoms with E-state index in [4.69, 9.17) is 0 Å². The van der Waals surface area contributed by atoms with Crippen LogP contribution in [-0.2, 0) is 0 Å². The number of fused-ring (bicyclic) bond motifs is 1. The average Bonchev–Trinajstić information content (AvgIpc) is 2.88. The van der Waals surface area contributed by atoms with Crippen LogP contribution >= 0.6 is 22.9 Å². The van der Waals surface area contributed by atoms with E-state index in [1.807, 2.05) is 30.3 Å². The highest BCUT2D eigenvalue weighted by molar-refractivity contribution is 14.1. The highest BCUT2D eigenvalue weighted by Gasteiger charge is 2.11. The Morgan fingerprint density at radius 3 is 2.78 bits per heavy atom. The number of H-pyrrole nitrogens is 2. The summed E-state index contributed by atoms with van der Waals surface area (Å²) < 4.78 is 1.77. The lowest BCUT2D eigenvalue weighted by molar-refractivity contribution is 1.13. The molecule has 2 N–H and O–H groups in total. The van der Waals surface area contributed by atoms with Crippen LogP contribution in [0.15, 0.2) is 41.5 Å². The van der Waals surface area contributed by atoms with Crippen LogP contribution < -0.4 is 8.67 Å². The monoisotopic (exact) mass is 353 g/mol. The molecule has 0 aliphatic carbocycles. The summed E-state index contributed by atoms with van der Waals surface area (Å²) in [7, 11) is 0. The van der Waals surface area contributed by atoms with Gasteiger partial charge in [-0.2, -0.15) is 4.98 Å². The number of halogens is 1. The van der Waals surface area contributed by atoms with Gasteiger partial charge in [-0.05, 0) is 12.1 Å². The van der Waals surface area contributed by atoms with Crippen LogP contribution in [0.2, 0.25) is 0 Å². The summed E-state index contributed by atoms with van der Waals surface area (Å²) in [5.41, 5.74) is 1.49. The van der Waals surface area contributed by atoms with Gasteiger partial charge in [0.2, 0.25) is 5.95 Å². The molecule has 7 heteroatoms. The summed E-state index contributed by atoms with van der Waals surface area (Å²) in [6.45, 7) is 0. The molecular weight excluding hydrogens is 345 g/mol. The number of nitrogens with one attached hydrogen (secondary N) is 2. The Hall–Kier alpha value is -1.90. The highest BCUT2D eigenvalue weighted by Crippen LogP contribution is 2.25. The van der Waals surface area contributed by atoms with Crippen molar-refractivity contribution in [3.05, 3.63) is 47.0 Å². The van der Waals surface area contributed by atoms with E-state index < -0.39 is 0 Å². The minimum Gasteiger partial charge on any atom is -0.339 e. The van der Waals surface area contributed by atoms with E-state index in [-0.39, 0.29) is 5.56 Å². The largest absolute Gasteiger partial charge is 0.339 e. The van der Waals surface area contributed by atoms with E-state index in [1.54, 1.807) is 3.11 Å². The maximum atomic E-state index is 11.8. The van der Waals surface area contributed by atoms with Crippen molar-refractivity contribution in [2.24, 2.45) is 0 Å². The predicted molar refractivity (Wildman–Crippen MR) is 77.1 cm³/mol. The SMILES string of the molecule is O=c1[nH]c(N(I)c2ccccc2)nc2nc[nH]c12. The number of benzene rings is 1. The number of aromatic amines is 2. The number of nitrogens with zero attached hydrogens (tertiary/aromatic N) is 3. The van der Waals surface area contributed by atoms with Gasteiger partial charge in [-0.1, -0.05) is 18.2 Å². The van der Waals surface area contributed by atoms with E-state index in [0.717, 1.165) is 5.69 Å². The molecule has 0 amide bonds. The molecule has 3 rings (SSSR count). The Balaban J connectivity index is 2.12. The number of hydrogen-bond donors (Lipinski definition) is 2. The van der Waals surface area contributed by atoms with Crippen molar-refractivity contribution in [3.63, 3.8) is 0 Å². The van der Waals surface area contributed by atoms with Gasteiger partial charge >= 0.3 is 0 Å². The van der Waals surface area contributed by atoms with Gasteiger partial charge in [0.05, 0.1) is 34.9 Å². The van der Waals surface area contributed by atoms with Gasteiger partial charge in [-0.3, -0.25) is 12.9 Å². The fourth-order valence-electron chi connectivity index (χ4n) is 1.61. The Labute approximate surface area is 116 Å². The average molecular weight is 353 g/mol. The third kappa shape index (κ3) is 1.86. The highest BCUT2D eigenvalue weighted by atomic mass is 127. The Kier molecular flexibility index (Phi) is 2.74. The molecule has 6 nitrogen and oxygen atoms in total. The number of para-hydroxylation sites is 1. The molecule has 18 heavy (non-hydrogen) atoms. The second kappa shape index (κ2) is 4.41. The molecule has 0 saturated carbocycles. The first-order valence-electron chi connectivity index (χ1n) is 5.20. The Morgan fingerprint density at radius 1 is 1.22 bits per heavy atom. The van der Waals surface area contributed by atoms with Gasteiger partial charge in [0.1, 0.15) is 0 Å². The molecule has 90 valence electrons. The Bertz CT molecular complexity index is 736. The zero-order valence-corrected chi connectivity index (χ0v) is 11.2. The molecule has 1 aromatic carbocycles. The lowest BCUT2D eigenvalue weighted by Gasteiger charge is -2.14. The van der Waals surface area contributed by atoms with E-state index >= 15 is 0 Å². The van der Waals surface area contributed by atoms with E-state index in [2.05, 4.69) is 42.8 Å². The second-order valence-corrected chi connectivity index (χ2v) is 4.57. The minimum absolute atomic E-state index is 0.231. The third-order valence-corrected chi connectivity index (χ3v) is 3.47. The lowest BCUT2D eigenvalue weighted by Crippen LogP contribution is -2.14. The summed E-state index contributed by atoms with van der Waals surface area (Å²) in [4.78, 5) is 25.6. The van der Waals surface area contributed by atoms with Crippen molar-refractivity contribution in [2.45, 2.75) is 0 Å². The number of aromatic nitrogens is 4. The predicted octanol–water partition coefficient (Wildman–Crippen LogP) is 2.13. The molecule has 2 aromatic heterocycles. The molecule has 0 spiro atoms. The van der Waals surface area contributed by atoms with Crippen molar-refractivity contribution in [2.75, 3.05) is 3.11 Å². The molecule has 0 bridgehead atoms. The maximum Gasteiger partial charge on any atom is 0.278 e.